The molecule has 0 aliphatic carbocycles. The molecule has 0 radical (unpaired) electrons. The van der Waals surface area contributed by atoms with E-state index in [9.17, 15) is 10.2 Å². The Morgan fingerprint density at radius 2 is 2.06 bits per heavy atom. The summed E-state index contributed by atoms with van der Waals surface area (Å²) in [6.45, 7) is 4.39. The van der Waals surface area contributed by atoms with Gasteiger partial charge in [0.25, 0.3) is 0 Å². The predicted molar refractivity (Wildman–Crippen MR) is 75.2 cm³/mol. The van der Waals surface area contributed by atoms with Crippen LogP contribution in [-0.2, 0) is 0 Å². The lowest BCUT2D eigenvalue weighted by Gasteiger charge is -2.23. The Hall–Kier alpha value is -0.320. The molecule has 1 aromatic carbocycles. The number of benzene rings is 1. The first-order chi connectivity index (χ1) is 8.35. The fourth-order valence-electron chi connectivity index (χ4n) is 1.48. The van der Waals surface area contributed by atoms with Gasteiger partial charge in [0.2, 0.25) is 0 Å². The van der Waals surface area contributed by atoms with Gasteiger partial charge in [-0.1, -0.05) is 30.1 Å². The molecular weight excluding hydrogens is 273 g/mol. The van der Waals surface area contributed by atoms with Crippen molar-refractivity contribution in [2.45, 2.75) is 32.0 Å². The Balaban J connectivity index is 2.55. The predicted octanol–water partition coefficient (Wildman–Crippen LogP) is 2.78. The van der Waals surface area contributed by atoms with E-state index in [0.717, 1.165) is 0 Å². The van der Waals surface area contributed by atoms with Gasteiger partial charge in [0.05, 0.1) is 11.7 Å². The van der Waals surface area contributed by atoms with Crippen molar-refractivity contribution in [3.05, 3.63) is 33.8 Å². The zero-order chi connectivity index (χ0) is 13.8. The molecule has 102 valence electrons. The maximum absolute atomic E-state index is 10.0. The third kappa shape index (κ3) is 4.75. The lowest BCUT2D eigenvalue weighted by molar-refractivity contribution is 0.0516. The highest BCUT2D eigenvalue weighted by Crippen LogP contribution is 2.26. The average Bonchev–Trinajstić information content (AvgIpc) is 2.32. The molecule has 0 saturated heterocycles. The van der Waals surface area contributed by atoms with E-state index in [0.29, 0.717) is 35.1 Å². The van der Waals surface area contributed by atoms with Gasteiger partial charge in [-0.15, -0.1) is 0 Å². The van der Waals surface area contributed by atoms with Crippen molar-refractivity contribution in [1.29, 1.82) is 0 Å². The van der Waals surface area contributed by atoms with Crippen LogP contribution in [0, 0.1) is 0 Å². The van der Waals surface area contributed by atoms with Crippen molar-refractivity contribution < 1.29 is 10.2 Å². The maximum atomic E-state index is 10.0. The van der Waals surface area contributed by atoms with Crippen molar-refractivity contribution in [1.82, 2.24) is 5.32 Å². The van der Waals surface area contributed by atoms with E-state index in [1.54, 1.807) is 25.1 Å². The highest BCUT2D eigenvalue weighted by Gasteiger charge is 2.18. The summed E-state index contributed by atoms with van der Waals surface area (Å²) in [6.07, 6.45) is -0.0996. The first-order valence-electron chi connectivity index (χ1n) is 5.92. The molecular formula is C13H19Cl2NO2. The van der Waals surface area contributed by atoms with Gasteiger partial charge in [0.15, 0.2) is 0 Å². The molecule has 0 bridgehead atoms. The van der Waals surface area contributed by atoms with E-state index in [4.69, 9.17) is 23.2 Å². The van der Waals surface area contributed by atoms with Crippen molar-refractivity contribution in [2.24, 2.45) is 0 Å². The van der Waals surface area contributed by atoms with Crippen molar-refractivity contribution in [3.8, 4) is 0 Å². The third-order valence-electron chi connectivity index (χ3n) is 2.92. The molecule has 5 heteroatoms. The van der Waals surface area contributed by atoms with Crippen LogP contribution in [-0.4, -0.2) is 28.9 Å². The van der Waals surface area contributed by atoms with E-state index >= 15 is 0 Å². The summed E-state index contributed by atoms with van der Waals surface area (Å²) < 4.78 is 0. The minimum absolute atomic E-state index is 0.316. The topological polar surface area (TPSA) is 52.5 Å². The van der Waals surface area contributed by atoms with Crippen molar-refractivity contribution in [3.63, 3.8) is 0 Å². The summed E-state index contributed by atoms with van der Waals surface area (Å²) in [5, 5.41) is 23.9. The Labute approximate surface area is 118 Å². The van der Waals surface area contributed by atoms with Gasteiger partial charge in [0, 0.05) is 28.7 Å². The van der Waals surface area contributed by atoms with Gasteiger partial charge < -0.3 is 15.5 Å². The van der Waals surface area contributed by atoms with Crippen LogP contribution in [0.2, 0.25) is 10.0 Å². The maximum Gasteiger partial charge on any atom is 0.0929 e. The van der Waals surface area contributed by atoms with Gasteiger partial charge in [-0.05, 0) is 31.5 Å². The summed E-state index contributed by atoms with van der Waals surface area (Å²) in [5.41, 5.74) is -0.175. The number of hydrogen-bond acceptors (Lipinski definition) is 3. The Kier molecular flexibility index (Phi) is 5.89. The van der Waals surface area contributed by atoms with Crippen molar-refractivity contribution in [2.75, 3.05) is 13.1 Å². The number of rotatable bonds is 6. The summed E-state index contributed by atoms with van der Waals surface area (Å²) in [6, 6.07) is 4.98. The Morgan fingerprint density at radius 1 is 1.39 bits per heavy atom. The zero-order valence-corrected chi connectivity index (χ0v) is 12.1. The molecule has 1 rings (SSSR count). The van der Waals surface area contributed by atoms with E-state index in [2.05, 4.69) is 5.32 Å². The van der Waals surface area contributed by atoms with E-state index < -0.39 is 11.7 Å². The minimum atomic E-state index is -0.766. The normalized spacial score (nSPS) is 16.3. The fourth-order valence-corrected chi connectivity index (χ4v) is 1.91. The molecule has 0 amide bonds. The van der Waals surface area contributed by atoms with Gasteiger partial charge in [-0.3, -0.25) is 0 Å². The number of aliphatic hydroxyl groups is 2. The summed E-state index contributed by atoms with van der Waals surface area (Å²) in [7, 11) is 0. The average molecular weight is 292 g/mol. The van der Waals surface area contributed by atoms with Crippen LogP contribution in [0.5, 0.6) is 0 Å². The summed E-state index contributed by atoms with van der Waals surface area (Å²) in [4.78, 5) is 0. The van der Waals surface area contributed by atoms with E-state index in [1.165, 1.54) is 0 Å². The number of hydrogen-bond donors (Lipinski definition) is 3. The SMILES string of the molecule is CCC(C)(O)CNCC(O)c1cc(Cl)ccc1Cl. The Bertz CT molecular complexity index is 397. The van der Waals surface area contributed by atoms with Gasteiger partial charge in [0.1, 0.15) is 0 Å². The van der Waals surface area contributed by atoms with Crippen LogP contribution >= 0.6 is 23.2 Å². The third-order valence-corrected chi connectivity index (χ3v) is 3.50. The second-order valence-corrected chi connectivity index (χ2v) is 5.51. The molecule has 2 unspecified atom stereocenters. The molecule has 1 aromatic rings. The molecule has 0 heterocycles. The smallest absolute Gasteiger partial charge is 0.0929 e. The number of aliphatic hydroxyl groups excluding tert-OH is 1. The first-order valence-corrected chi connectivity index (χ1v) is 6.67. The fraction of sp³-hybridized carbons (Fsp3) is 0.538. The summed E-state index contributed by atoms with van der Waals surface area (Å²) >= 11 is 11.9. The van der Waals surface area contributed by atoms with Crippen LogP contribution in [0.3, 0.4) is 0 Å². The molecule has 0 saturated carbocycles. The van der Waals surface area contributed by atoms with Crippen LogP contribution in [0.15, 0.2) is 18.2 Å². The molecule has 3 N–H and O–H groups in total. The molecule has 2 atom stereocenters. The molecule has 3 nitrogen and oxygen atoms in total. The lowest BCUT2D eigenvalue weighted by Crippen LogP contribution is -2.38. The lowest BCUT2D eigenvalue weighted by atomic mass is 10.0. The molecule has 0 aromatic heterocycles. The molecule has 0 aliphatic heterocycles. The second kappa shape index (κ2) is 6.73. The van der Waals surface area contributed by atoms with E-state index in [-0.39, 0.29) is 0 Å². The van der Waals surface area contributed by atoms with Crippen LogP contribution in [0.4, 0.5) is 0 Å². The van der Waals surface area contributed by atoms with Crippen molar-refractivity contribution >= 4 is 23.2 Å². The second-order valence-electron chi connectivity index (χ2n) is 4.66. The summed E-state index contributed by atoms with van der Waals surface area (Å²) in [5.74, 6) is 0. The van der Waals surface area contributed by atoms with Crippen LogP contribution in [0.1, 0.15) is 31.9 Å². The monoisotopic (exact) mass is 291 g/mol. The van der Waals surface area contributed by atoms with Crippen LogP contribution < -0.4 is 5.32 Å². The number of halogens is 2. The number of nitrogens with one attached hydrogen (secondary N) is 1. The van der Waals surface area contributed by atoms with Gasteiger partial charge in [-0.25, -0.2) is 0 Å². The van der Waals surface area contributed by atoms with Gasteiger partial charge in [-0.2, -0.15) is 0 Å². The molecule has 0 aliphatic rings. The van der Waals surface area contributed by atoms with Gasteiger partial charge >= 0.3 is 0 Å². The quantitative estimate of drug-likeness (QED) is 0.755. The first kappa shape index (κ1) is 15.7. The largest absolute Gasteiger partial charge is 0.389 e. The zero-order valence-electron chi connectivity index (χ0n) is 10.6. The molecule has 18 heavy (non-hydrogen) atoms. The molecule has 0 spiro atoms. The van der Waals surface area contributed by atoms with E-state index in [1.807, 2.05) is 6.92 Å². The standard InChI is InChI=1S/C13H19Cl2NO2/c1-3-13(2,18)8-16-7-12(17)10-6-9(14)4-5-11(10)15/h4-6,12,16-18H,3,7-8H2,1-2H3. The van der Waals surface area contributed by atoms with Crippen LogP contribution in [0.25, 0.3) is 0 Å². The highest BCUT2D eigenvalue weighted by molar-refractivity contribution is 6.33. The Morgan fingerprint density at radius 3 is 2.67 bits per heavy atom. The molecule has 0 fully saturated rings. The highest BCUT2D eigenvalue weighted by atomic mass is 35.5. The minimum Gasteiger partial charge on any atom is -0.389 e.